The van der Waals surface area contributed by atoms with Gasteiger partial charge in [0, 0.05) is 43.6 Å². The van der Waals surface area contributed by atoms with Crippen LogP contribution in [0.15, 0.2) is 36.7 Å². The lowest BCUT2D eigenvalue weighted by molar-refractivity contribution is -0.122. The zero-order valence-electron chi connectivity index (χ0n) is 19.1. The molecular formula is C24H29N9O. The number of hydrogen-bond acceptors (Lipinski definition) is 8. The maximum absolute atomic E-state index is 12.2. The summed E-state index contributed by atoms with van der Waals surface area (Å²) in [7, 11) is 0. The third kappa shape index (κ3) is 3.63. The standard InChI is InChI=1S/C24H29N9O/c1-13-10-16(4-5-17(13)33-8-6-26-7-9-33)29-24-31-22-20(27-12-28-22)23(32-24)30-19-15-3-2-14(11-15)18(19)21(25)34/h2-5,10,12,14-15,18-19,26H,6-9,11H2,1H3,(H2,25,34)(H3,27,28,29,30,31,32). The molecule has 1 aliphatic heterocycles. The fraction of sp³-hybridized carbons (Fsp3) is 0.417. The van der Waals surface area contributed by atoms with Gasteiger partial charge >= 0.3 is 0 Å². The molecule has 3 heterocycles. The van der Waals surface area contributed by atoms with Crippen LogP contribution < -0.4 is 26.6 Å². The smallest absolute Gasteiger partial charge is 0.231 e. The van der Waals surface area contributed by atoms with Gasteiger partial charge in [-0.15, -0.1) is 0 Å². The summed E-state index contributed by atoms with van der Waals surface area (Å²) >= 11 is 0. The minimum absolute atomic E-state index is 0.0951. The zero-order chi connectivity index (χ0) is 23.2. The van der Waals surface area contributed by atoms with E-state index in [1.807, 2.05) is 0 Å². The number of benzene rings is 1. The van der Waals surface area contributed by atoms with Gasteiger partial charge in [-0.25, -0.2) is 4.98 Å². The first-order valence-electron chi connectivity index (χ1n) is 11.9. The molecule has 34 heavy (non-hydrogen) atoms. The molecule has 2 aromatic heterocycles. The second-order valence-electron chi connectivity index (χ2n) is 9.41. The number of anilines is 4. The summed E-state index contributed by atoms with van der Waals surface area (Å²) in [5.41, 5.74) is 10.4. The first-order chi connectivity index (χ1) is 16.6. The number of carbonyl (C=O) groups is 1. The van der Waals surface area contributed by atoms with Crippen LogP contribution in [0, 0.1) is 24.7 Å². The monoisotopic (exact) mass is 459 g/mol. The zero-order valence-corrected chi connectivity index (χ0v) is 19.1. The van der Waals surface area contributed by atoms with Crippen LogP contribution in [0.25, 0.3) is 11.2 Å². The molecule has 1 aromatic carbocycles. The van der Waals surface area contributed by atoms with Gasteiger partial charge < -0.3 is 31.6 Å². The van der Waals surface area contributed by atoms with Gasteiger partial charge in [0.15, 0.2) is 11.5 Å². The number of nitrogens with one attached hydrogen (secondary N) is 4. The molecule has 2 fully saturated rings. The molecule has 2 aliphatic carbocycles. The number of aryl methyl sites for hydroxylation is 1. The second-order valence-corrected chi connectivity index (χ2v) is 9.41. The summed E-state index contributed by atoms with van der Waals surface area (Å²) in [6.07, 6.45) is 6.83. The number of hydrogen-bond donors (Lipinski definition) is 5. The van der Waals surface area contributed by atoms with Crippen LogP contribution in [0.4, 0.5) is 23.1 Å². The van der Waals surface area contributed by atoms with Crippen LogP contribution in [0.1, 0.15) is 12.0 Å². The lowest BCUT2D eigenvalue weighted by Crippen LogP contribution is -2.43. The average molecular weight is 460 g/mol. The number of piperazine rings is 1. The molecule has 1 saturated carbocycles. The number of nitrogens with zero attached hydrogens (tertiary/aromatic N) is 4. The molecule has 176 valence electrons. The Kier molecular flexibility index (Phi) is 5.09. The third-order valence-electron chi connectivity index (χ3n) is 7.29. The molecule has 1 saturated heterocycles. The van der Waals surface area contributed by atoms with E-state index in [1.165, 1.54) is 11.3 Å². The van der Waals surface area contributed by atoms with E-state index >= 15 is 0 Å². The van der Waals surface area contributed by atoms with E-state index in [-0.39, 0.29) is 29.7 Å². The second kappa shape index (κ2) is 8.28. The van der Waals surface area contributed by atoms with Crippen LogP contribution >= 0.6 is 0 Å². The summed E-state index contributed by atoms with van der Waals surface area (Å²) in [6, 6.07) is 6.22. The van der Waals surface area contributed by atoms with Crippen molar-refractivity contribution in [2.24, 2.45) is 23.5 Å². The number of amides is 1. The van der Waals surface area contributed by atoms with E-state index in [0.717, 1.165) is 38.3 Å². The van der Waals surface area contributed by atoms with E-state index in [4.69, 9.17) is 10.7 Å². The first kappa shape index (κ1) is 20.9. The topological polar surface area (TPSA) is 137 Å². The number of nitrogens with two attached hydrogens (primary N) is 1. The molecule has 10 heteroatoms. The van der Waals surface area contributed by atoms with E-state index in [2.05, 4.69) is 73.1 Å². The Labute approximate surface area is 197 Å². The number of aromatic amines is 1. The lowest BCUT2D eigenvalue weighted by atomic mass is 9.88. The summed E-state index contributed by atoms with van der Waals surface area (Å²) in [5, 5.41) is 10.2. The number of allylic oxidation sites excluding steroid dienone is 1. The quantitative estimate of drug-likeness (QED) is 0.353. The van der Waals surface area contributed by atoms with Gasteiger partial charge in [-0.1, -0.05) is 12.2 Å². The van der Waals surface area contributed by atoms with Crippen molar-refractivity contribution in [2.45, 2.75) is 19.4 Å². The Hall–Kier alpha value is -3.66. The van der Waals surface area contributed by atoms with Gasteiger partial charge in [0.2, 0.25) is 11.9 Å². The van der Waals surface area contributed by atoms with Crippen molar-refractivity contribution in [3.05, 3.63) is 42.2 Å². The Morgan fingerprint density at radius 2 is 2.00 bits per heavy atom. The largest absolute Gasteiger partial charge is 0.369 e. The fourth-order valence-electron chi connectivity index (χ4n) is 5.68. The Morgan fingerprint density at radius 1 is 1.18 bits per heavy atom. The minimum atomic E-state index is -0.275. The molecule has 3 aromatic rings. The number of primary amides is 1. The van der Waals surface area contributed by atoms with Crippen molar-refractivity contribution in [2.75, 3.05) is 41.7 Å². The van der Waals surface area contributed by atoms with Gasteiger partial charge in [0.25, 0.3) is 0 Å². The number of rotatable bonds is 6. The van der Waals surface area contributed by atoms with Crippen molar-refractivity contribution in [1.29, 1.82) is 0 Å². The molecule has 4 atom stereocenters. The van der Waals surface area contributed by atoms with E-state index in [1.54, 1.807) is 6.33 Å². The maximum atomic E-state index is 12.2. The van der Waals surface area contributed by atoms with Gasteiger partial charge in [0.05, 0.1) is 12.2 Å². The highest BCUT2D eigenvalue weighted by Gasteiger charge is 2.47. The molecule has 10 nitrogen and oxygen atoms in total. The van der Waals surface area contributed by atoms with Gasteiger partial charge in [-0.2, -0.15) is 9.97 Å². The molecule has 3 aliphatic rings. The number of imidazole rings is 1. The van der Waals surface area contributed by atoms with Crippen LogP contribution in [-0.2, 0) is 4.79 Å². The highest BCUT2D eigenvalue weighted by Crippen LogP contribution is 2.45. The summed E-state index contributed by atoms with van der Waals surface area (Å²) in [6.45, 7) is 6.14. The molecule has 0 spiro atoms. The van der Waals surface area contributed by atoms with Crippen molar-refractivity contribution in [3.63, 3.8) is 0 Å². The third-order valence-corrected chi connectivity index (χ3v) is 7.29. The molecule has 6 rings (SSSR count). The Balaban J connectivity index is 1.27. The molecule has 6 N–H and O–H groups in total. The number of fused-ring (bicyclic) bond motifs is 3. The number of H-pyrrole nitrogens is 1. The van der Waals surface area contributed by atoms with Gasteiger partial charge in [-0.05, 0) is 48.9 Å². The van der Waals surface area contributed by atoms with E-state index in [9.17, 15) is 4.79 Å². The molecule has 4 unspecified atom stereocenters. The summed E-state index contributed by atoms with van der Waals surface area (Å²) < 4.78 is 0. The predicted octanol–water partition coefficient (Wildman–Crippen LogP) is 1.90. The highest BCUT2D eigenvalue weighted by atomic mass is 16.1. The molecule has 2 bridgehead atoms. The van der Waals surface area contributed by atoms with E-state index in [0.29, 0.717) is 22.9 Å². The molecule has 0 radical (unpaired) electrons. The predicted molar refractivity (Wildman–Crippen MR) is 132 cm³/mol. The minimum Gasteiger partial charge on any atom is -0.369 e. The average Bonchev–Trinajstić information content (AvgIpc) is 3.56. The number of carbonyl (C=O) groups excluding carboxylic acids is 1. The summed E-state index contributed by atoms with van der Waals surface area (Å²) in [5.74, 6) is 0.991. The Bertz CT molecular complexity index is 1260. The SMILES string of the molecule is Cc1cc(Nc2nc(NC3C4C=CC(C4)C3C(N)=O)c3[nH]cnc3n2)ccc1N1CCNCC1. The van der Waals surface area contributed by atoms with Crippen LogP contribution in [0.2, 0.25) is 0 Å². The Morgan fingerprint density at radius 3 is 2.79 bits per heavy atom. The highest BCUT2D eigenvalue weighted by molar-refractivity contribution is 5.85. The van der Waals surface area contributed by atoms with Gasteiger partial charge in [-0.3, -0.25) is 4.79 Å². The summed E-state index contributed by atoms with van der Waals surface area (Å²) in [4.78, 5) is 31.4. The molecular weight excluding hydrogens is 430 g/mol. The van der Waals surface area contributed by atoms with E-state index < -0.39 is 0 Å². The van der Waals surface area contributed by atoms with Gasteiger partial charge in [0.1, 0.15) is 5.52 Å². The fourth-order valence-corrected chi connectivity index (χ4v) is 5.68. The number of aromatic nitrogens is 4. The molecule has 1 amide bonds. The van der Waals surface area contributed by atoms with Crippen molar-refractivity contribution >= 4 is 40.2 Å². The maximum Gasteiger partial charge on any atom is 0.231 e. The van der Waals surface area contributed by atoms with Crippen molar-refractivity contribution < 1.29 is 4.79 Å². The first-order valence-corrected chi connectivity index (χ1v) is 11.9. The lowest BCUT2D eigenvalue weighted by Gasteiger charge is -2.31. The van der Waals surface area contributed by atoms with Crippen molar-refractivity contribution in [3.8, 4) is 0 Å². The van der Waals surface area contributed by atoms with Crippen LogP contribution in [0.5, 0.6) is 0 Å². The van der Waals surface area contributed by atoms with Crippen LogP contribution in [-0.4, -0.2) is 58.1 Å². The van der Waals surface area contributed by atoms with Crippen molar-refractivity contribution in [1.82, 2.24) is 25.3 Å². The van der Waals surface area contributed by atoms with Crippen LogP contribution in [0.3, 0.4) is 0 Å². The normalized spacial score (nSPS) is 25.7.